The first kappa shape index (κ1) is 15.8. The van der Waals surface area contributed by atoms with Gasteiger partial charge in [-0.1, -0.05) is 11.2 Å². The maximum Gasteiger partial charge on any atom is 0.344 e. The summed E-state index contributed by atoms with van der Waals surface area (Å²) in [6, 6.07) is 5.05. The van der Waals surface area contributed by atoms with E-state index in [1.807, 2.05) is 0 Å². The average molecular weight is 329 g/mol. The Labute approximate surface area is 136 Å². The van der Waals surface area contributed by atoms with E-state index in [-0.39, 0.29) is 23.2 Å². The van der Waals surface area contributed by atoms with Gasteiger partial charge in [0, 0.05) is 0 Å². The van der Waals surface area contributed by atoms with Gasteiger partial charge in [-0.15, -0.1) is 0 Å². The first-order chi connectivity index (χ1) is 11.5. The molecule has 2 aromatic heterocycles. The lowest BCUT2D eigenvalue weighted by Gasteiger charge is -2.07. The van der Waals surface area contributed by atoms with Crippen molar-refractivity contribution in [2.24, 2.45) is 0 Å². The lowest BCUT2D eigenvalue weighted by atomic mass is 10.1. The van der Waals surface area contributed by atoms with E-state index in [9.17, 15) is 9.59 Å². The number of hydrogen-bond donors (Lipinski definition) is 0. The first-order valence-corrected chi connectivity index (χ1v) is 7.20. The van der Waals surface area contributed by atoms with Crippen LogP contribution in [0, 0.1) is 13.8 Å². The van der Waals surface area contributed by atoms with Gasteiger partial charge in [-0.05, 0) is 26.0 Å². The Kier molecular flexibility index (Phi) is 4.07. The Balaban J connectivity index is 1.90. The minimum absolute atomic E-state index is 0.215. The zero-order valence-corrected chi connectivity index (χ0v) is 13.4. The molecule has 0 amide bonds. The number of ether oxygens (including phenoxy) is 2. The van der Waals surface area contributed by atoms with Gasteiger partial charge in [0.05, 0.1) is 18.4 Å². The van der Waals surface area contributed by atoms with Gasteiger partial charge in [0.1, 0.15) is 40.9 Å². The Hall–Kier alpha value is -3.09. The Morgan fingerprint density at radius 2 is 2.08 bits per heavy atom. The Morgan fingerprint density at radius 3 is 2.75 bits per heavy atom. The molecule has 1 aromatic carbocycles. The number of aryl methyl sites for hydroxylation is 2. The van der Waals surface area contributed by atoms with Crippen LogP contribution in [0.4, 0.5) is 0 Å². The predicted octanol–water partition coefficient (Wildman–Crippen LogP) is 2.76. The normalized spacial score (nSPS) is 10.8. The van der Waals surface area contributed by atoms with E-state index >= 15 is 0 Å². The molecule has 0 bridgehead atoms. The molecule has 0 radical (unpaired) electrons. The molecule has 0 atom stereocenters. The van der Waals surface area contributed by atoms with Gasteiger partial charge in [-0.2, -0.15) is 0 Å². The number of aromatic nitrogens is 1. The molecule has 3 aromatic rings. The molecule has 3 rings (SSSR count). The van der Waals surface area contributed by atoms with E-state index in [4.69, 9.17) is 18.4 Å². The quantitative estimate of drug-likeness (QED) is 0.680. The maximum atomic E-state index is 12.6. The fourth-order valence-electron chi connectivity index (χ4n) is 2.44. The molecule has 24 heavy (non-hydrogen) atoms. The van der Waals surface area contributed by atoms with Crippen molar-refractivity contribution in [1.29, 1.82) is 0 Å². The third kappa shape index (κ3) is 2.64. The van der Waals surface area contributed by atoms with Gasteiger partial charge in [0.15, 0.2) is 0 Å². The summed E-state index contributed by atoms with van der Waals surface area (Å²) >= 11 is 0. The number of rotatable bonds is 4. The molecule has 124 valence electrons. The van der Waals surface area contributed by atoms with Gasteiger partial charge >= 0.3 is 5.97 Å². The van der Waals surface area contributed by atoms with Gasteiger partial charge in [0.2, 0.25) is 5.43 Å². The van der Waals surface area contributed by atoms with Crippen LogP contribution in [-0.4, -0.2) is 18.2 Å². The fraction of sp³-hybridized carbons (Fsp3) is 0.235. The molecule has 0 spiro atoms. The zero-order valence-electron chi connectivity index (χ0n) is 13.4. The van der Waals surface area contributed by atoms with Crippen molar-refractivity contribution >= 4 is 16.9 Å². The van der Waals surface area contributed by atoms with Crippen molar-refractivity contribution in [3.05, 3.63) is 57.3 Å². The first-order valence-electron chi connectivity index (χ1n) is 7.20. The second-order valence-electron chi connectivity index (χ2n) is 5.20. The molecular formula is C17H15NO6. The largest absolute Gasteiger partial charge is 0.496 e. The van der Waals surface area contributed by atoms with Crippen molar-refractivity contribution in [3.8, 4) is 5.75 Å². The summed E-state index contributed by atoms with van der Waals surface area (Å²) in [5.74, 6) is 0.163. The summed E-state index contributed by atoms with van der Waals surface area (Å²) in [5, 5.41) is 4.01. The molecule has 0 aliphatic rings. The summed E-state index contributed by atoms with van der Waals surface area (Å²) < 4.78 is 20.8. The fourth-order valence-corrected chi connectivity index (χ4v) is 2.44. The number of carbonyl (C=O) groups is 1. The van der Waals surface area contributed by atoms with Gasteiger partial charge < -0.3 is 18.4 Å². The molecule has 7 heteroatoms. The maximum absolute atomic E-state index is 12.6. The Morgan fingerprint density at radius 1 is 1.29 bits per heavy atom. The molecule has 0 saturated heterocycles. The molecule has 0 aliphatic carbocycles. The number of methoxy groups -OCH3 is 1. The average Bonchev–Trinajstić information content (AvgIpc) is 2.92. The van der Waals surface area contributed by atoms with Gasteiger partial charge in [-0.25, -0.2) is 4.79 Å². The second-order valence-corrected chi connectivity index (χ2v) is 5.20. The minimum atomic E-state index is -0.606. The topological polar surface area (TPSA) is 91.8 Å². The lowest BCUT2D eigenvalue weighted by molar-refractivity contribution is 0.0467. The third-order valence-electron chi connectivity index (χ3n) is 3.65. The molecule has 0 saturated carbocycles. The minimum Gasteiger partial charge on any atom is -0.496 e. The van der Waals surface area contributed by atoms with Crippen LogP contribution in [0.3, 0.4) is 0 Å². The van der Waals surface area contributed by atoms with E-state index in [2.05, 4.69) is 5.16 Å². The van der Waals surface area contributed by atoms with Crippen molar-refractivity contribution in [3.63, 3.8) is 0 Å². The second kappa shape index (κ2) is 6.19. The molecule has 7 nitrogen and oxygen atoms in total. The summed E-state index contributed by atoms with van der Waals surface area (Å²) in [6.45, 7) is 3.04. The van der Waals surface area contributed by atoms with Crippen molar-refractivity contribution < 1.29 is 23.2 Å². The van der Waals surface area contributed by atoms with Crippen LogP contribution >= 0.6 is 0 Å². The standard InChI is InChI=1S/C17H15NO6/c1-9-14(10(2)24-18-9)17(20)23-8-11-7-22-13-6-4-5-12(21-3)15(13)16(11)19/h4-7H,8H2,1-3H3. The molecule has 0 unspecified atom stereocenters. The van der Waals surface area contributed by atoms with Crippen LogP contribution in [-0.2, 0) is 11.3 Å². The monoisotopic (exact) mass is 329 g/mol. The highest BCUT2D eigenvalue weighted by Gasteiger charge is 2.20. The van der Waals surface area contributed by atoms with Crippen molar-refractivity contribution in [1.82, 2.24) is 5.16 Å². The number of carbonyl (C=O) groups excluding carboxylic acids is 1. The third-order valence-corrected chi connectivity index (χ3v) is 3.65. The van der Waals surface area contributed by atoms with E-state index in [1.165, 1.54) is 13.4 Å². The summed E-state index contributed by atoms with van der Waals surface area (Å²) in [7, 11) is 1.47. The van der Waals surface area contributed by atoms with E-state index < -0.39 is 5.97 Å². The van der Waals surface area contributed by atoms with Gasteiger partial charge in [-0.3, -0.25) is 4.79 Å². The van der Waals surface area contributed by atoms with Crippen LogP contribution in [0.15, 0.2) is 38.2 Å². The number of hydrogen-bond acceptors (Lipinski definition) is 7. The van der Waals surface area contributed by atoms with Crippen LogP contribution in [0.2, 0.25) is 0 Å². The van der Waals surface area contributed by atoms with Crippen LogP contribution < -0.4 is 10.2 Å². The molecule has 0 aliphatic heterocycles. The van der Waals surface area contributed by atoms with Crippen LogP contribution in [0.5, 0.6) is 5.75 Å². The highest BCUT2D eigenvalue weighted by molar-refractivity contribution is 5.91. The molecular weight excluding hydrogens is 314 g/mol. The highest BCUT2D eigenvalue weighted by atomic mass is 16.5. The van der Waals surface area contributed by atoms with Crippen LogP contribution in [0.25, 0.3) is 11.0 Å². The number of benzene rings is 1. The van der Waals surface area contributed by atoms with Crippen LogP contribution in [0.1, 0.15) is 27.4 Å². The lowest BCUT2D eigenvalue weighted by Crippen LogP contribution is -2.14. The van der Waals surface area contributed by atoms with E-state index in [0.29, 0.717) is 28.2 Å². The molecule has 0 fully saturated rings. The number of nitrogens with zero attached hydrogens (tertiary/aromatic N) is 1. The summed E-state index contributed by atoms with van der Waals surface area (Å²) in [6.07, 6.45) is 1.28. The summed E-state index contributed by atoms with van der Waals surface area (Å²) in [4.78, 5) is 24.7. The predicted molar refractivity (Wildman–Crippen MR) is 84.1 cm³/mol. The van der Waals surface area contributed by atoms with E-state index in [0.717, 1.165) is 0 Å². The van der Waals surface area contributed by atoms with E-state index in [1.54, 1.807) is 32.0 Å². The van der Waals surface area contributed by atoms with Crippen molar-refractivity contribution in [2.45, 2.75) is 20.5 Å². The van der Waals surface area contributed by atoms with Crippen molar-refractivity contribution in [2.75, 3.05) is 7.11 Å². The highest BCUT2D eigenvalue weighted by Crippen LogP contribution is 2.23. The molecule has 0 N–H and O–H groups in total. The smallest absolute Gasteiger partial charge is 0.344 e. The number of fused-ring (bicyclic) bond motifs is 1. The Bertz CT molecular complexity index is 949. The SMILES string of the molecule is COc1cccc2occ(COC(=O)c3c(C)noc3C)c(=O)c12. The number of esters is 1. The zero-order chi connectivity index (χ0) is 17.3. The molecule has 2 heterocycles. The van der Waals surface area contributed by atoms with Gasteiger partial charge in [0.25, 0.3) is 0 Å². The summed E-state index contributed by atoms with van der Waals surface area (Å²) in [5.41, 5.74) is 1.01.